The SMILES string of the molecule is COc1cccc(C(=O)N2CCCC[C@@H]2C(=O)N2CCOCC2)c1. The normalized spacial score (nSPS) is 21.5. The molecule has 0 saturated carbocycles. The average molecular weight is 332 g/mol. The van der Waals surface area contributed by atoms with Gasteiger partial charge in [0.25, 0.3) is 5.91 Å². The number of morpholine rings is 1. The molecule has 2 aliphatic rings. The molecule has 2 heterocycles. The van der Waals surface area contributed by atoms with Gasteiger partial charge in [-0.1, -0.05) is 6.07 Å². The second kappa shape index (κ2) is 7.66. The quantitative estimate of drug-likeness (QED) is 0.843. The second-order valence-corrected chi connectivity index (χ2v) is 6.18. The van der Waals surface area contributed by atoms with Crippen LogP contribution in [0.1, 0.15) is 29.6 Å². The van der Waals surface area contributed by atoms with E-state index in [1.165, 1.54) is 0 Å². The van der Waals surface area contributed by atoms with E-state index in [-0.39, 0.29) is 17.9 Å². The minimum Gasteiger partial charge on any atom is -0.497 e. The Labute approximate surface area is 142 Å². The van der Waals surface area contributed by atoms with E-state index in [0.29, 0.717) is 44.2 Å². The zero-order chi connectivity index (χ0) is 16.9. The van der Waals surface area contributed by atoms with Crippen LogP contribution in [0.15, 0.2) is 24.3 Å². The van der Waals surface area contributed by atoms with E-state index in [4.69, 9.17) is 9.47 Å². The highest BCUT2D eigenvalue weighted by Gasteiger charge is 2.35. The van der Waals surface area contributed by atoms with Gasteiger partial charge in [-0.05, 0) is 37.5 Å². The molecule has 1 atom stereocenters. The summed E-state index contributed by atoms with van der Waals surface area (Å²) in [5.74, 6) is 0.600. The Hall–Kier alpha value is -2.08. The van der Waals surface area contributed by atoms with Gasteiger partial charge in [0.05, 0.1) is 20.3 Å². The summed E-state index contributed by atoms with van der Waals surface area (Å²) in [5, 5.41) is 0. The van der Waals surface area contributed by atoms with Gasteiger partial charge in [0, 0.05) is 25.2 Å². The van der Waals surface area contributed by atoms with E-state index in [9.17, 15) is 9.59 Å². The highest BCUT2D eigenvalue weighted by atomic mass is 16.5. The lowest BCUT2D eigenvalue weighted by Gasteiger charge is -2.38. The van der Waals surface area contributed by atoms with Gasteiger partial charge in [0.15, 0.2) is 0 Å². The Kier molecular flexibility index (Phi) is 5.35. The fourth-order valence-electron chi connectivity index (χ4n) is 3.35. The molecule has 0 aromatic heterocycles. The molecule has 2 amide bonds. The number of benzene rings is 1. The van der Waals surface area contributed by atoms with Crippen LogP contribution < -0.4 is 4.74 Å². The molecule has 0 aliphatic carbocycles. The molecule has 0 bridgehead atoms. The predicted octanol–water partition coefficient (Wildman–Crippen LogP) is 1.55. The molecule has 3 rings (SSSR count). The molecule has 0 unspecified atom stereocenters. The number of hydrogen-bond acceptors (Lipinski definition) is 4. The maximum Gasteiger partial charge on any atom is 0.254 e. The van der Waals surface area contributed by atoms with Gasteiger partial charge < -0.3 is 19.3 Å². The van der Waals surface area contributed by atoms with Crippen molar-refractivity contribution in [2.24, 2.45) is 0 Å². The molecule has 1 aromatic rings. The highest BCUT2D eigenvalue weighted by Crippen LogP contribution is 2.23. The lowest BCUT2D eigenvalue weighted by Crippen LogP contribution is -2.55. The topological polar surface area (TPSA) is 59.1 Å². The van der Waals surface area contributed by atoms with Crippen LogP contribution in [0.5, 0.6) is 5.75 Å². The molecule has 24 heavy (non-hydrogen) atoms. The third-order valence-corrected chi connectivity index (χ3v) is 4.69. The molecule has 6 heteroatoms. The first-order valence-electron chi connectivity index (χ1n) is 8.52. The monoisotopic (exact) mass is 332 g/mol. The van der Waals surface area contributed by atoms with Crippen LogP contribution in [0.4, 0.5) is 0 Å². The number of likely N-dealkylation sites (tertiary alicyclic amines) is 1. The van der Waals surface area contributed by atoms with Crippen LogP contribution in [0.2, 0.25) is 0 Å². The van der Waals surface area contributed by atoms with E-state index in [2.05, 4.69) is 0 Å². The summed E-state index contributed by atoms with van der Waals surface area (Å²) < 4.78 is 10.5. The predicted molar refractivity (Wildman–Crippen MR) is 89.1 cm³/mol. The van der Waals surface area contributed by atoms with Crippen molar-refractivity contribution in [3.63, 3.8) is 0 Å². The summed E-state index contributed by atoms with van der Waals surface area (Å²) in [4.78, 5) is 29.4. The van der Waals surface area contributed by atoms with Gasteiger partial charge in [0.2, 0.25) is 5.91 Å². The zero-order valence-electron chi connectivity index (χ0n) is 14.1. The van der Waals surface area contributed by atoms with Gasteiger partial charge in [-0.15, -0.1) is 0 Å². The zero-order valence-corrected chi connectivity index (χ0v) is 14.1. The molecule has 1 aromatic carbocycles. The number of hydrogen-bond donors (Lipinski definition) is 0. The maximum atomic E-state index is 12.9. The summed E-state index contributed by atoms with van der Waals surface area (Å²) >= 11 is 0. The first-order valence-corrected chi connectivity index (χ1v) is 8.52. The molecule has 130 valence electrons. The Morgan fingerprint density at radius 2 is 1.96 bits per heavy atom. The summed E-state index contributed by atoms with van der Waals surface area (Å²) in [6.07, 6.45) is 2.64. The van der Waals surface area contributed by atoms with Gasteiger partial charge >= 0.3 is 0 Å². The molecule has 2 aliphatic heterocycles. The fourth-order valence-corrected chi connectivity index (χ4v) is 3.35. The Bertz CT molecular complexity index is 598. The molecular formula is C18H24N2O4. The molecule has 6 nitrogen and oxygen atoms in total. The number of carbonyl (C=O) groups is 2. The largest absolute Gasteiger partial charge is 0.497 e. The smallest absolute Gasteiger partial charge is 0.254 e. The Balaban J connectivity index is 1.78. The average Bonchev–Trinajstić information content (AvgIpc) is 2.67. The number of carbonyl (C=O) groups excluding carboxylic acids is 2. The van der Waals surface area contributed by atoms with Crippen molar-refractivity contribution < 1.29 is 19.1 Å². The summed E-state index contributed by atoms with van der Waals surface area (Å²) in [6, 6.07) is 6.75. The first kappa shape index (κ1) is 16.8. The van der Waals surface area contributed by atoms with Crippen molar-refractivity contribution in [1.82, 2.24) is 9.80 Å². The molecule has 0 spiro atoms. The van der Waals surface area contributed by atoms with Crippen molar-refractivity contribution in [3.8, 4) is 5.75 Å². The van der Waals surface area contributed by atoms with Gasteiger partial charge in [0.1, 0.15) is 11.8 Å². The first-order chi connectivity index (χ1) is 11.7. The highest BCUT2D eigenvalue weighted by molar-refractivity contribution is 5.98. The third kappa shape index (κ3) is 3.53. The minimum absolute atomic E-state index is 0.0502. The van der Waals surface area contributed by atoms with Crippen molar-refractivity contribution >= 4 is 11.8 Å². The van der Waals surface area contributed by atoms with Crippen LogP contribution in [0, 0.1) is 0 Å². The second-order valence-electron chi connectivity index (χ2n) is 6.18. The summed E-state index contributed by atoms with van der Waals surface area (Å²) in [6.45, 7) is 2.98. The Morgan fingerprint density at radius 3 is 2.71 bits per heavy atom. The van der Waals surface area contributed by atoms with Crippen molar-refractivity contribution in [1.29, 1.82) is 0 Å². The number of piperidine rings is 1. The number of nitrogens with zero attached hydrogens (tertiary/aromatic N) is 2. The summed E-state index contributed by atoms with van der Waals surface area (Å²) in [5.41, 5.74) is 0.566. The van der Waals surface area contributed by atoms with E-state index in [0.717, 1.165) is 19.3 Å². The minimum atomic E-state index is -0.365. The van der Waals surface area contributed by atoms with Crippen LogP contribution in [-0.4, -0.2) is 67.6 Å². The number of methoxy groups -OCH3 is 1. The third-order valence-electron chi connectivity index (χ3n) is 4.69. The maximum absolute atomic E-state index is 12.9. The number of ether oxygens (including phenoxy) is 2. The summed E-state index contributed by atoms with van der Waals surface area (Å²) in [7, 11) is 1.58. The van der Waals surface area contributed by atoms with Gasteiger partial charge in [-0.2, -0.15) is 0 Å². The lowest BCUT2D eigenvalue weighted by molar-refractivity contribution is -0.141. The lowest BCUT2D eigenvalue weighted by atomic mass is 9.99. The molecule has 2 saturated heterocycles. The van der Waals surface area contributed by atoms with Crippen molar-refractivity contribution in [2.75, 3.05) is 40.0 Å². The van der Waals surface area contributed by atoms with Gasteiger partial charge in [-0.25, -0.2) is 0 Å². The molecule has 2 fully saturated rings. The molecular weight excluding hydrogens is 308 g/mol. The molecule has 0 radical (unpaired) electrons. The van der Waals surface area contributed by atoms with Crippen LogP contribution >= 0.6 is 0 Å². The van der Waals surface area contributed by atoms with E-state index in [1.54, 1.807) is 30.2 Å². The van der Waals surface area contributed by atoms with E-state index in [1.807, 2.05) is 11.0 Å². The van der Waals surface area contributed by atoms with Crippen LogP contribution in [0.25, 0.3) is 0 Å². The number of amides is 2. The van der Waals surface area contributed by atoms with Crippen molar-refractivity contribution in [3.05, 3.63) is 29.8 Å². The number of rotatable bonds is 3. The standard InChI is InChI=1S/C18H24N2O4/c1-23-15-6-4-5-14(13-15)17(21)20-8-3-2-7-16(20)18(22)19-9-11-24-12-10-19/h4-6,13,16H,2-3,7-12H2,1H3/t16-/m1/s1. The van der Waals surface area contributed by atoms with Crippen LogP contribution in [-0.2, 0) is 9.53 Å². The van der Waals surface area contributed by atoms with Gasteiger partial charge in [-0.3, -0.25) is 9.59 Å². The van der Waals surface area contributed by atoms with Crippen molar-refractivity contribution in [2.45, 2.75) is 25.3 Å². The van der Waals surface area contributed by atoms with E-state index < -0.39 is 0 Å². The Morgan fingerprint density at radius 1 is 1.17 bits per heavy atom. The van der Waals surface area contributed by atoms with E-state index >= 15 is 0 Å². The molecule has 0 N–H and O–H groups in total. The van der Waals surface area contributed by atoms with Crippen LogP contribution in [0.3, 0.4) is 0 Å². The fraction of sp³-hybridized carbons (Fsp3) is 0.556.